The number of hydrogen-bond donors (Lipinski definition) is 1. The van der Waals surface area contributed by atoms with Crippen molar-refractivity contribution in [3.8, 4) is 0 Å². The van der Waals surface area contributed by atoms with Crippen molar-refractivity contribution in [1.29, 1.82) is 0 Å². The standard InChI is InChI=1S/C19H26N4O3S/c1-22-14-18(21-15-22)27(25,26)23-12-6-10-17(13-23)19(24)20-11-5-9-16-7-3-2-4-8-16/h2-4,7-8,14-15,17H,5-6,9-13H2,1H3,(H,20,24)/t17-/m1/s1. The molecule has 1 aliphatic rings. The lowest BCUT2D eigenvalue weighted by molar-refractivity contribution is -0.126. The Morgan fingerprint density at radius 2 is 2.07 bits per heavy atom. The molecule has 0 unspecified atom stereocenters. The van der Waals surface area contributed by atoms with Crippen LogP contribution in [0.2, 0.25) is 0 Å². The average molecular weight is 391 g/mol. The smallest absolute Gasteiger partial charge is 0.262 e. The Bertz CT molecular complexity index is 864. The minimum Gasteiger partial charge on any atom is -0.356 e. The molecule has 1 N–H and O–H groups in total. The summed E-state index contributed by atoms with van der Waals surface area (Å²) in [6.07, 6.45) is 6.10. The molecule has 1 aromatic heterocycles. The summed E-state index contributed by atoms with van der Waals surface area (Å²) in [7, 11) is -1.92. The molecule has 0 spiro atoms. The summed E-state index contributed by atoms with van der Waals surface area (Å²) in [4.78, 5) is 16.4. The van der Waals surface area contributed by atoms with E-state index in [-0.39, 0.29) is 23.4 Å². The summed E-state index contributed by atoms with van der Waals surface area (Å²) in [6, 6.07) is 10.1. The van der Waals surface area contributed by atoms with Crippen LogP contribution in [-0.2, 0) is 28.3 Å². The first-order valence-electron chi connectivity index (χ1n) is 9.26. The molecule has 7 nitrogen and oxygen atoms in total. The molecule has 0 bridgehead atoms. The molecule has 2 aromatic rings. The Morgan fingerprint density at radius 3 is 2.78 bits per heavy atom. The number of nitrogens with one attached hydrogen (secondary N) is 1. The second-order valence-electron chi connectivity index (χ2n) is 6.96. The van der Waals surface area contributed by atoms with E-state index in [1.807, 2.05) is 18.2 Å². The minimum atomic E-state index is -3.65. The summed E-state index contributed by atoms with van der Waals surface area (Å²) in [5.74, 6) is -0.377. The zero-order chi connectivity index (χ0) is 19.3. The fraction of sp³-hybridized carbons (Fsp3) is 0.474. The third kappa shape index (κ3) is 4.95. The molecule has 0 radical (unpaired) electrons. The highest BCUT2D eigenvalue weighted by Gasteiger charge is 2.34. The molecule has 1 saturated heterocycles. The zero-order valence-corrected chi connectivity index (χ0v) is 16.4. The number of rotatable bonds is 7. The van der Waals surface area contributed by atoms with Crippen LogP contribution in [-0.4, -0.2) is 47.8 Å². The van der Waals surface area contributed by atoms with Crippen molar-refractivity contribution >= 4 is 15.9 Å². The minimum absolute atomic E-state index is 0.0360. The number of carbonyl (C=O) groups excluding carboxylic acids is 1. The SMILES string of the molecule is Cn1cnc(S(=O)(=O)N2CCC[C@@H](C(=O)NCCCc3ccccc3)C2)c1. The molecule has 146 valence electrons. The van der Waals surface area contributed by atoms with Gasteiger partial charge in [-0.2, -0.15) is 4.31 Å². The van der Waals surface area contributed by atoms with E-state index in [0.717, 1.165) is 12.8 Å². The van der Waals surface area contributed by atoms with Crippen LogP contribution >= 0.6 is 0 Å². The second-order valence-corrected chi connectivity index (χ2v) is 8.84. The first-order valence-corrected chi connectivity index (χ1v) is 10.7. The molecule has 1 fully saturated rings. The van der Waals surface area contributed by atoms with E-state index in [0.29, 0.717) is 25.9 Å². The van der Waals surface area contributed by atoms with Gasteiger partial charge in [0.2, 0.25) is 5.91 Å². The van der Waals surface area contributed by atoms with E-state index in [1.54, 1.807) is 11.6 Å². The fourth-order valence-corrected chi connectivity index (χ4v) is 4.81. The Hall–Kier alpha value is -2.19. The van der Waals surface area contributed by atoms with Crippen molar-refractivity contribution < 1.29 is 13.2 Å². The van der Waals surface area contributed by atoms with Gasteiger partial charge in [-0.3, -0.25) is 4.79 Å². The van der Waals surface area contributed by atoms with Gasteiger partial charge in [0.05, 0.1) is 12.2 Å². The zero-order valence-electron chi connectivity index (χ0n) is 15.5. The molecule has 0 saturated carbocycles. The normalized spacial score (nSPS) is 18.3. The topological polar surface area (TPSA) is 84.3 Å². The number of nitrogens with zero attached hydrogens (tertiary/aromatic N) is 3. The number of carbonyl (C=O) groups is 1. The highest BCUT2D eigenvalue weighted by Crippen LogP contribution is 2.23. The first kappa shape index (κ1) is 19.6. The van der Waals surface area contributed by atoms with Gasteiger partial charge in [0.1, 0.15) is 0 Å². The van der Waals surface area contributed by atoms with Gasteiger partial charge in [-0.1, -0.05) is 30.3 Å². The van der Waals surface area contributed by atoms with Crippen molar-refractivity contribution in [3.63, 3.8) is 0 Å². The van der Waals surface area contributed by atoms with Gasteiger partial charge in [-0.05, 0) is 31.2 Å². The predicted octanol–water partition coefficient (Wildman–Crippen LogP) is 1.57. The van der Waals surface area contributed by atoms with Crippen molar-refractivity contribution in [2.24, 2.45) is 13.0 Å². The van der Waals surface area contributed by atoms with Crippen LogP contribution in [0.25, 0.3) is 0 Å². The summed E-state index contributed by atoms with van der Waals surface area (Å²) in [6.45, 7) is 1.23. The first-order chi connectivity index (χ1) is 13.0. The molecule has 1 atom stereocenters. The molecule has 1 aliphatic heterocycles. The van der Waals surface area contributed by atoms with Gasteiger partial charge in [0.25, 0.3) is 10.0 Å². The molecule has 1 amide bonds. The monoisotopic (exact) mass is 390 g/mol. The fourth-order valence-electron chi connectivity index (χ4n) is 3.32. The maximum Gasteiger partial charge on any atom is 0.262 e. The molecule has 0 aliphatic carbocycles. The van der Waals surface area contributed by atoms with Crippen LogP contribution in [0.1, 0.15) is 24.8 Å². The van der Waals surface area contributed by atoms with Crippen molar-refractivity contribution in [1.82, 2.24) is 19.2 Å². The molecule has 3 rings (SSSR count). The lowest BCUT2D eigenvalue weighted by Crippen LogP contribution is -2.45. The number of sulfonamides is 1. The highest BCUT2D eigenvalue weighted by molar-refractivity contribution is 7.89. The summed E-state index contributed by atoms with van der Waals surface area (Å²) >= 11 is 0. The lowest BCUT2D eigenvalue weighted by Gasteiger charge is -2.30. The van der Waals surface area contributed by atoms with Crippen LogP contribution in [0.3, 0.4) is 0 Å². The maximum absolute atomic E-state index is 12.7. The van der Waals surface area contributed by atoms with Crippen molar-refractivity contribution in [3.05, 3.63) is 48.4 Å². The van der Waals surface area contributed by atoms with Crippen LogP contribution in [0.4, 0.5) is 0 Å². The van der Waals surface area contributed by atoms with Crippen LogP contribution in [0.5, 0.6) is 0 Å². The van der Waals surface area contributed by atoms with Gasteiger partial charge < -0.3 is 9.88 Å². The van der Waals surface area contributed by atoms with Crippen LogP contribution in [0, 0.1) is 5.92 Å². The van der Waals surface area contributed by atoms with Crippen LogP contribution in [0.15, 0.2) is 47.9 Å². The summed E-state index contributed by atoms with van der Waals surface area (Å²) < 4.78 is 28.4. The van der Waals surface area contributed by atoms with Crippen molar-refractivity contribution in [2.75, 3.05) is 19.6 Å². The number of aromatic nitrogens is 2. The summed E-state index contributed by atoms with van der Waals surface area (Å²) in [5.41, 5.74) is 1.25. The summed E-state index contributed by atoms with van der Waals surface area (Å²) in [5, 5.41) is 2.99. The molecular formula is C19H26N4O3S. The Morgan fingerprint density at radius 1 is 1.30 bits per heavy atom. The largest absolute Gasteiger partial charge is 0.356 e. The Kier molecular flexibility index (Phi) is 6.28. The molecular weight excluding hydrogens is 364 g/mol. The van der Waals surface area contributed by atoms with Gasteiger partial charge in [0.15, 0.2) is 5.03 Å². The third-order valence-corrected chi connectivity index (χ3v) is 6.58. The maximum atomic E-state index is 12.7. The van der Waals surface area contributed by atoms with E-state index in [9.17, 15) is 13.2 Å². The van der Waals surface area contributed by atoms with Crippen LogP contribution < -0.4 is 5.32 Å². The van der Waals surface area contributed by atoms with Gasteiger partial charge >= 0.3 is 0 Å². The molecule has 2 heterocycles. The molecule has 1 aromatic carbocycles. The van der Waals surface area contributed by atoms with E-state index in [1.165, 1.54) is 22.4 Å². The number of aryl methyl sites for hydroxylation is 2. The van der Waals surface area contributed by atoms with Gasteiger partial charge in [0, 0.05) is 32.9 Å². The van der Waals surface area contributed by atoms with Crippen molar-refractivity contribution in [2.45, 2.75) is 30.7 Å². The van der Waals surface area contributed by atoms with E-state index in [2.05, 4.69) is 22.4 Å². The number of amides is 1. The number of imidazole rings is 1. The predicted molar refractivity (Wildman–Crippen MR) is 102 cm³/mol. The third-order valence-electron chi connectivity index (χ3n) is 4.82. The average Bonchev–Trinajstić information content (AvgIpc) is 3.13. The van der Waals surface area contributed by atoms with E-state index in [4.69, 9.17) is 0 Å². The Labute approximate surface area is 160 Å². The van der Waals surface area contributed by atoms with Gasteiger partial charge in [-0.25, -0.2) is 13.4 Å². The second kappa shape index (κ2) is 8.67. The number of hydrogen-bond acceptors (Lipinski definition) is 4. The van der Waals surface area contributed by atoms with E-state index < -0.39 is 10.0 Å². The number of piperidine rings is 1. The molecule has 27 heavy (non-hydrogen) atoms. The molecule has 8 heteroatoms. The highest BCUT2D eigenvalue weighted by atomic mass is 32.2. The van der Waals surface area contributed by atoms with E-state index >= 15 is 0 Å². The lowest BCUT2D eigenvalue weighted by atomic mass is 9.99. The number of benzene rings is 1. The Balaban J connectivity index is 1.50. The van der Waals surface area contributed by atoms with Gasteiger partial charge in [-0.15, -0.1) is 0 Å². The quantitative estimate of drug-likeness (QED) is 0.728.